The maximum atomic E-state index is 11.8. The molecule has 1 atom stereocenters. The van der Waals surface area contributed by atoms with E-state index in [2.05, 4.69) is 0 Å². The first-order chi connectivity index (χ1) is 7.32. The zero-order chi connectivity index (χ0) is 12.3. The summed E-state index contributed by atoms with van der Waals surface area (Å²) in [5.41, 5.74) is 5.46. The normalized spacial score (nSPS) is 22.4. The van der Waals surface area contributed by atoms with E-state index in [1.54, 1.807) is 0 Å². The number of carbonyl (C=O) groups excluding carboxylic acids is 2. The van der Waals surface area contributed by atoms with Crippen LogP contribution in [0.5, 0.6) is 0 Å². The Balaban J connectivity index is 2.48. The summed E-state index contributed by atoms with van der Waals surface area (Å²) < 4.78 is 0. The Bertz CT molecular complexity index is 265. The number of piperidine rings is 1. The van der Waals surface area contributed by atoms with Gasteiger partial charge < -0.3 is 5.73 Å². The quantitative estimate of drug-likeness (QED) is 0.735. The zero-order valence-corrected chi connectivity index (χ0v) is 10.5. The summed E-state index contributed by atoms with van der Waals surface area (Å²) in [7, 11) is 0. The van der Waals surface area contributed by atoms with Crippen LogP contribution in [0.1, 0.15) is 46.5 Å². The van der Waals surface area contributed by atoms with Crippen molar-refractivity contribution in [2.45, 2.75) is 52.5 Å². The topological polar surface area (TPSA) is 63.4 Å². The lowest BCUT2D eigenvalue weighted by molar-refractivity contribution is -0.152. The maximum Gasteiger partial charge on any atom is 0.229 e. The molecule has 1 saturated heterocycles. The highest BCUT2D eigenvalue weighted by molar-refractivity contribution is 5.98. The van der Waals surface area contributed by atoms with Gasteiger partial charge >= 0.3 is 0 Å². The molecule has 1 aliphatic rings. The number of rotatable bonds is 4. The summed E-state index contributed by atoms with van der Waals surface area (Å²) in [4.78, 5) is 24.9. The van der Waals surface area contributed by atoms with Crippen molar-refractivity contribution in [1.29, 1.82) is 0 Å². The molecule has 0 aromatic carbocycles. The van der Waals surface area contributed by atoms with E-state index in [0.29, 0.717) is 19.4 Å². The molecular formula is C12H22N2O2. The van der Waals surface area contributed by atoms with E-state index in [1.165, 1.54) is 4.90 Å². The highest BCUT2D eigenvalue weighted by atomic mass is 16.2. The van der Waals surface area contributed by atoms with Gasteiger partial charge in [-0.05, 0) is 25.2 Å². The van der Waals surface area contributed by atoms with Gasteiger partial charge in [0.05, 0.1) is 0 Å². The van der Waals surface area contributed by atoms with Gasteiger partial charge in [0.2, 0.25) is 11.8 Å². The Labute approximate surface area is 97.2 Å². The zero-order valence-electron chi connectivity index (χ0n) is 10.5. The minimum Gasteiger partial charge on any atom is -0.328 e. The third-order valence-electron chi connectivity index (χ3n) is 2.90. The molecule has 0 bridgehead atoms. The first-order valence-electron chi connectivity index (χ1n) is 5.90. The lowest BCUT2D eigenvalue weighted by atomic mass is 9.81. The fourth-order valence-electron chi connectivity index (χ4n) is 2.03. The Morgan fingerprint density at radius 3 is 2.25 bits per heavy atom. The molecule has 0 aromatic rings. The number of hydrogen-bond donors (Lipinski definition) is 1. The molecule has 1 fully saturated rings. The fraction of sp³-hybridized carbons (Fsp3) is 0.833. The molecular weight excluding hydrogens is 204 g/mol. The Morgan fingerprint density at radius 2 is 1.81 bits per heavy atom. The Kier molecular flexibility index (Phi) is 4.08. The van der Waals surface area contributed by atoms with Crippen LogP contribution in [0.15, 0.2) is 0 Å². The molecule has 0 aliphatic carbocycles. The molecule has 2 amide bonds. The summed E-state index contributed by atoms with van der Waals surface area (Å²) in [5, 5.41) is 0. The summed E-state index contributed by atoms with van der Waals surface area (Å²) >= 11 is 0. The molecule has 4 nitrogen and oxygen atoms in total. The summed E-state index contributed by atoms with van der Waals surface area (Å²) in [5.74, 6) is -0.0724. The minimum atomic E-state index is -0.175. The third-order valence-corrected chi connectivity index (χ3v) is 2.90. The standard InChI is InChI=1S/C12H22N2O2/c1-9(13)5-4-6-14-10(15)7-12(2,3)8-11(14)16/h9H,4-8,13H2,1-3H3. The Hall–Kier alpha value is -0.900. The summed E-state index contributed by atoms with van der Waals surface area (Å²) in [6.45, 7) is 6.38. The van der Waals surface area contributed by atoms with Crippen LogP contribution in [0, 0.1) is 5.41 Å². The van der Waals surface area contributed by atoms with E-state index in [4.69, 9.17) is 5.73 Å². The fourth-order valence-corrected chi connectivity index (χ4v) is 2.03. The van der Waals surface area contributed by atoms with Crippen molar-refractivity contribution in [2.24, 2.45) is 11.1 Å². The molecule has 16 heavy (non-hydrogen) atoms. The second-order valence-corrected chi connectivity index (χ2v) is 5.58. The van der Waals surface area contributed by atoms with Crippen LogP contribution in [-0.2, 0) is 9.59 Å². The molecule has 1 rings (SSSR count). The molecule has 1 heterocycles. The number of likely N-dealkylation sites (tertiary alicyclic amines) is 1. The van der Waals surface area contributed by atoms with E-state index >= 15 is 0 Å². The number of carbonyl (C=O) groups is 2. The van der Waals surface area contributed by atoms with E-state index in [1.807, 2.05) is 20.8 Å². The second kappa shape index (κ2) is 4.95. The van der Waals surface area contributed by atoms with Crippen molar-refractivity contribution in [3.05, 3.63) is 0 Å². The van der Waals surface area contributed by atoms with E-state index in [-0.39, 0.29) is 23.3 Å². The van der Waals surface area contributed by atoms with Gasteiger partial charge in [-0.2, -0.15) is 0 Å². The van der Waals surface area contributed by atoms with Gasteiger partial charge in [-0.15, -0.1) is 0 Å². The van der Waals surface area contributed by atoms with Gasteiger partial charge in [0.25, 0.3) is 0 Å². The number of imide groups is 1. The van der Waals surface area contributed by atoms with Gasteiger partial charge in [-0.1, -0.05) is 13.8 Å². The van der Waals surface area contributed by atoms with Crippen LogP contribution in [0.4, 0.5) is 0 Å². The van der Waals surface area contributed by atoms with Gasteiger partial charge in [0, 0.05) is 25.4 Å². The molecule has 0 radical (unpaired) electrons. The largest absolute Gasteiger partial charge is 0.328 e. The molecule has 1 aliphatic heterocycles. The van der Waals surface area contributed by atoms with Crippen LogP contribution < -0.4 is 5.73 Å². The number of hydrogen-bond acceptors (Lipinski definition) is 3. The molecule has 0 saturated carbocycles. The predicted octanol–water partition coefficient (Wildman–Crippen LogP) is 1.29. The average Bonchev–Trinajstić information content (AvgIpc) is 2.07. The van der Waals surface area contributed by atoms with Crippen molar-refractivity contribution in [3.63, 3.8) is 0 Å². The van der Waals surface area contributed by atoms with Crippen molar-refractivity contribution < 1.29 is 9.59 Å². The third kappa shape index (κ3) is 3.59. The maximum absolute atomic E-state index is 11.8. The van der Waals surface area contributed by atoms with Crippen molar-refractivity contribution in [1.82, 2.24) is 4.90 Å². The van der Waals surface area contributed by atoms with E-state index < -0.39 is 0 Å². The van der Waals surface area contributed by atoms with Crippen LogP contribution in [0.25, 0.3) is 0 Å². The van der Waals surface area contributed by atoms with Gasteiger partial charge in [-0.25, -0.2) is 0 Å². The highest BCUT2D eigenvalue weighted by Crippen LogP contribution is 2.31. The van der Waals surface area contributed by atoms with Crippen molar-refractivity contribution in [3.8, 4) is 0 Å². The minimum absolute atomic E-state index is 0.0362. The van der Waals surface area contributed by atoms with Gasteiger partial charge in [0.1, 0.15) is 0 Å². The number of nitrogens with two attached hydrogens (primary N) is 1. The first-order valence-corrected chi connectivity index (χ1v) is 5.90. The molecule has 0 aromatic heterocycles. The monoisotopic (exact) mass is 226 g/mol. The highest BCUT2D eigenvalue weighted by Gasteiger charge is 2.36. The first kappa shape index (κ1) is 13.2. The van der Waals surface area contributed by atoms with Gasteiger partial charge in [-0.3, -0.25) is 14.5 Å². The van der Waals surface area contributed by atoms with Crippen LogP contribution >= 0.6 is 0 Å². The van der Waals surface area contributed by atoms with Crippen LogP contribution in [-0.4, -0.2) is 29.3 Å². The predicted molar refractivity (Wildman–Crippen MR) is 62.6 cm³/mol. The average molecular weight is 226 g/mol. The Morgan fingerprint density at radius 1 is 1.31 bits per heavy atom. The number of amides is 2. The van der Waals surface area contributed by atoms with E-state index in [0.717, 1.165) is 12.8 Å². The SMILES string of the molecule is CC(N)CCCN1C(=O)CC(C)(C)CC1=O. The smallest absolute Gasteiger partial charge is 0.229 e. The van der Waals surface area contributed by atoms with Crippen molar-refractivity contribution in [2.75, 3.05) is 6.54 Å². The van der Waals surface area contributed by atoms with Crippen LogP contribution in [0.2, 0.25) is 0 Å². The van der Waals surface area contributed by atoms with Gasteiger partial charge in [0.15, 0.2) is 0 Å². The molecule has 92 valence electrons. The lowest BCUT2D eigenvalue weighted by Gasteiger charge is -2.34. The second-order valence-electron chi connectivity index (χ2n) is 5.58. The number of nitrogens with zero attached hydrogens (tertiary/aromatic N) is 1. The molecule has 2 N–H and O–H groups in total. The van der Waals surface area contributed by atoms with E-state index in [9.17, 15) is 9.59 Å². The van der Waals surface area contributed by atoms with Crippen LogP contribution in [0.3, 0.4) is 0 Å². The molecule has 4 heteroatoms. The lowest BCUT2D eigenvalue weighted by Crippen LogP contribution is -2.46. The molecule has 0 spiro atoms. The summed E-state index contributed by atoms with van der Waals surface area (Å²) in [6, 6.07) is 0.131. The van der Waals surface area contributed by atoms with Crippen molar-refractivity contribution >= 4 is 11.8 Å². The summed E-state index contributed by atoms with van der Waals surface area (Å²) in [6.07, 6.45) is 2.59. The molecule has 1 unspecified atom stereocenters.